The zero-order valence-corrected chi connectivity index (χ0v) is 12.4. The molecule has 0 saturated heterocycles. The van der Waals surface area contributed by atoms with Crippen LogP contribution in [0.15, 0.2) is 24.3 Å². The summed E-state index contributed by atoms with van der Waals surface area (Å²) in [6.07, 6.45) is 2.60. The van der Waals surface area contributed by atoms with Crippen LogP contribution in [0.5, 0.6) is 5.75 Å². The Morgan fingerprint density at radius 2 is 2.20 bits per heavy atom. The summed E-state index contributed by atoms with van der Waals surface area (Å²) in [4.78, 5) is 12.1. The van der Waals surface area contributed by atoms with Gasteiger partial charge >= 0.3 is 0 Å². The van der Waals surface area contributed by atoms with Gasteiger partial charge in [-0.15, -0.1) is 0 Å². The lowest BCUT2D eigenvalue weighted by molar-refractivity contribution is 0.0943. The van der Waals surface area contributed by atoms with Crippen LogP contribution >= 0.6 is 0 Å². The number of carbonyl (C=O) groups is 1. The van der Waals surface area contributed by atoms with Gasteiger partial charge in [-0.1, -0.05) is 26.3 Å². The lowest BCUT2D eigenvalue weighted by Gasteiger charge is -2.14. The zero-order chi connectivity index (χ0) is 14.8. The van der Waals surface area contributed by atoms with Crippen molar-refractivity contribution in [2.45, 2.75) is 33.1 Å². The number of aliphatic hydroxyl groups excluding tert-OH is 1. The van der Waals surface area contributed by atoms with Crippen molar-refractivity contribution in [1.29, 1.82) is 0 Å². The zero-order valence-electron chi connectivity index (χ0n) is 12.4. The second kappa shape index (κ2) is 9.37. The first-order valence-corrected chi connectivity index (χ1v) is 7.33. The van der Waals surface area contributed by atoms with Gasteiger partial charge in [0.2, 0.25) is 0 Å². The van der Waals surface area contributed by atoms with Crippen LogP contribution in [0.3, 0.4) is 0 Å². The van der Waals surface area contributed by atoms with Gasteiger partial charge in [-0.2, -0.15) is 0 Å². The molecule has 0 saturated carbocycles. The smallest absolute Gasteiger partial charge is 0.251 e. The SMILES string of the molecule is CCCOc1cccc(C(=O)NCC(CC)CCO)c1. The van der Waals surface area contributed by atoms with E-state index in [9.17, 15) is 4.79 Å². The summed E-state index contributed by atoms with van der Waals surface area (Å²) in [6, 6.07) is 7.22. The van der Waals surface area contributed by atoms with E-state index in [0.717, 1.165) is 25.0 Å². The number of hydrogen-bond donors (Lipinski definition) is 2. The highest BCUT2D eigenvalue weighted by Crippen LogP contribution is 2.14. The van der Waals surface area contributed by atoms with Gasteiger partial charge in [0.15, 0.2) is 0 Å². The van der Waals surface area contributed by atoms with Gasteiger partial charge in [-0.3, -0.25) is 4.79 Å². The standard InChI is InChI=1S/C16H25NO3/c1-3-10-20-15-7-5-6-14(11-15)16(19)17-12-13(4-2)8-9-18/h5-7,11,13,18H,3-4,8-10,12H2,1-2H3,(H,17,19). The predicted molar refractivity (Wildman–Crippen MR) is 80.0 cm³/mol. The summed E-state index contributed by atoms with van der Waals surface area (Å²) >= 11 is 0. The fourth-order valence-corrected chi connectivity index (χ4v) is 1.92. The summed E-state index contributed by atoms with van der Waals surface area (Å²) in [5.74, 6) is 0.953. The predicted octanol–water partition coefficient (Wildman–Crippen LogP) is 2.61. The summed E-state index contributed by atoms with van der Waals surface area (Å²) in [5, 5.41) is 11.9. The van der Waals surface area contributed by atoms with Crippen molar-refractivity contribution < 1.29 is 14.6 Å². The average molecular weight is 279 g/mol. The molecular weight excluding hydrogens is 254 g/mol. The Balaban J connectivity index is 2.54. The maximum Gasteiger partial charge on any atom is 0.251 e. The summed E-state index contributed by atoms with van der Waals surface area (Å²) in [5.41, 5.74) is 0.609. The second-order valence-electron chi connectivity index (χ2n) is 4.87. The minimum atomic E-state index is -0.0941. The maximum atomic E-state index is 12.1. The van der Waals surface area contributed by atoms with Crippen molar-refractivity contribution in [3.8, 4) is 5.75 Å². The van der Waals surface area contributed by atoms with E-state index in [1.165, 1.54) is 0 Å². The van der Waals surface area contributed by atoms with E-state index in [4.69, 9.17) is 9.84 Å². The molecule has 0 radical (unpaired) electrons. The maximum absolute atomic E-state index is 12.1. The molecule has 20 heavy (non-hydrogen) atoms. The van der Waals surface area contributed by atoms with Crippen LogP contribution in [-0.4, -0.2) is 30.8 Å². The van der Waals surface area contributed by atoms with Gasteiger partial charge in [-0.25, -0.2) is 0 Å². The normalized spacial score (nSPS) is 11.9. The first kappa shape index (κ1) is 16.5. The van der Waals surface area contributed by atoms with Crippen molar-refractivity contribution in [3.63, 3.8) is 0 Å². The number of aliphatic hydroxyl groups is 1. The Hall–Kier alpha value is -1.55. The number of hydrogen-bond acceptors (Lipinski definition) is 3. The van der Waals surface area contributed by atoms with E-state index in [-0.39, 0.29) is 12.5 Å². The molecule has 0 aliphatic heterocycles. The first-order chi connectivity index (χ1) is 9.71. The van der Waals surface area contributed by atoms with Crippen molar-refractivity contribution in [3.05, 3.63) is 29.8 Å². The summed E-state index contributed by atoms with van der Waals surface area (Å²) in [7, 11) is 0. The molecule has 112 valence electrons. The van der Waals surface area contributed by atoms with Crippen molar-refractivity contribution in [2.24, 2.45) is 5.92 Å². The van der Waals surface area contributed by atoms with E-state index in [1.807, 2.05) is 19.1 Å². The molecule has 4 heteroatoms. The fraction of sp³-hybridized carbons (Fsp3) is 0.562. The molecule has 1 rings (SSSR count). The van der Waals surface area contributed by atoms with Crippen LogP contribution in [0, 0.1) is 5.92 Å². The first-order valence-electron chi connectivity index (χ1n) is 7.33. The molecule has 0 heterocycles. The minimum Gasteiger partial charge on any atom is -0.494 e. The van der Waals surface area contributed by atoms with Crippen LogP contribution < -0.4 is 10.1 Å². The largest absolute Gasteiger partial charge is 0.494 e. The number of ether oxygens (including phenoxy) is 1. The molecule has 0 aliphatic rings. The number of benzene rings is 1. The molecule has 1 unspecified atom stereocenters. The number of carbonyl (C=O) groups excluding carboxylic acids is 1. The molecule has 1 aromatic carbocycles. The summed E-state index contributed by atoms with van der Waals surface area (Å²) in [6.45, 7) is 5.51. The Morgan fingerprint density at radius 1 is 1.40 bits per heavy atom. The van der Waals surface area contributed by atoms with E-state index in [1.54, 1.807) is 12.1 Å². The van der Waals surface area contributed by atoms with Gasteiger partial charge in [0.05, 0.1) is 6.61 Å². The van der Waals surface area contributed by atoms with Crippen LogP contribution in [-0.2, 0) is 0 Å². The number of amides is 1. The van der Waals surface area contributed by atoms with E-state index >= 15 is 0 Å². The second-order valence-corrected chi connectivity index (χ2v) is 4.87. The highest BCUT2D eigenvalue weighted by atomic mass is 16.5. The van der Waals surface area contributed by atoms with E-state index < -0.39 is 0 Å². The molecule has 0 aliphatic carbocycles. The van der Waals surface area contributed by atoms with Crippen LogP contribution in [0.25, 0.3) is 0 Å². The average Bonchev–Trinajstić information content (AvgIpc) is 2.49. The molecule has 1 atom stereocenters. The molecule has 0 bridgehead atoms. The van der Waals surface area contributed by atoms with Gasteiger partial charge in [0, 0.05) is 18.7 Å². The molecular formula is C16H25NO3. The molecule has 2 N–H and O–H groups in total. The van der Waals surface area contributed by atoms with Gasteiger partial charge in [-0.05, 0) is 37.0 Å². The molecule has 1 aromatic rings. The van der Waals surface area contributed by atoms with Gasteiger partial charge in [0.25, 0.3) is 5.91 Å². The van der Waals surface area contributed by atoms with Crippen molar-refractivity contribution in [1.82, 2.24) is 5.32 Å². The highest BCUT2D eigenvalue weighted by molar-refractivity contribution is 5.94. The quantitative estimate of drug-likeness (QED) is 0.730. The Bertz CT molecular complexity index is 406. The summed E-state index contributed by atoms with van der Waals surface area (Å²) < 4.78 is 5.52. The Labute approximate surface area is 121 Å². The lowest BCUT2D eigenvalue weighted by Crippen LogP contribution is -2.29. The van der Waals surface area contributed by atoms with Crippen LogP contribution in [0.1, 0.15) is 43.5 Å². The minimum absolute atomic E-state index is 0.0941. The fourth-order valence-electron chi connectivity index (χ4n) is 1.92. The van der Waals surface area contributed by atoms with Crippen LogP contribution in [0.4, 0.5) is 0 Å². The Morgan fingerprint density at radius 3 is 2.85 bits per heavy atom. The van der Waals surface area contributed by atoms with Crippen LogP contribution in [0.2, 0.25) is 0 Å². The molecule has 0 fully saturated rings. The topological polar surface area (TPSA) is 58.6 Å². The van der Waals surface area contributed by atoms with Crippen molar-refractivity contribution in [2.75, 3.05) is 19.8 Å². The molecule has 4 nitrogen and oxygen atoms in total. The van der Waals surface area contributed by atoms with Gasteiger partial charge in [0.1, 0.15) is 5.75 Å². The molecule has 0 spiro atoms. The monoisotopic (exact) mass is 279 g/mol. The van der Waals surface area contributed by atoms with E-state index in [2.05, 4.69) is 12.2 Å². The Kier molecular flexibility index (Phi) is 7.73. The van der Waals surface area contributed by atoms with Gasteiger partial charge < -0.3 is 15.2 Å². The third-order valence-corrected chi connectivity index (χ3v) is 3.24. The highest BCUT2D eigenvalue weighted by Gasteiger charge is 2.10. The molecule has 1 amide bonds. The number of rotatable bonds is 9. The van der Waals surface area contributed by atoms with Crippen molar-refractivity contribution >= 4 is 5.91 Å². The lowest BCUT2D eigenvalue weighted by atomic mass is 10.0. The number of nitrogens with one attached hydrogen (secondary N) is 1. The molecule has 0 aromatic heterocycles. The van der Waals surface area contributed by atoms with E-state index in [0.29, 0.717) is 24.6 Å². The third-order valence-electron chi connectivity index (χ3n) is 3.24. The third kappa shape index (κ3) is 5.61.